The number of barbiturate groups is 1. The van der Waals surface area contributed by atoms with Gasteiger partial charge in [0.1, 0.15) is 23.7 Å². The Morgan fingerprint density at radius 1 is 1.09 bits per heavy atom. The van der Waals surface area contributed by atoms with E-state index in [4.69, 9.17) is 16.3 Å². The third-order valence-corrected chi connectivity index (χ3v) is 6.24. The van der Waals surface area contributed by atoms with Gasteiger partial charge < -0.3 is 4.74 Å². The fraction of sp³-hybridized carbons (Fsp3) is 0.0800. The van der Waals surface area contributed by atoms with Crippen LogP contribution in [-0.2, 0) is 16.2 Å². The molecule has 1 saturated heterocycles. The molecule has 9 heteroatoms. The molecule has 1 aliphatic heterocycles. The smallest absolute Gasteiger partial charge is 0.335 e. The summed E-state index contributed by atoms with van der Waals surface area (Å²) in [5.74, 6) is -1.78. The Kier molecular flexibility index (Phi) is 6.81. The highest BCUT2D eigenvalue weighted by Gasteiger charge is 2.37. The Hall–Kier alpha value is -3.49. The van der Waals surface area contributed by atoms with Crippen LogP contribution in [0.2, 0.25) is 5.02 Å². The zero-order valence-electron chi connectivity index (χ0n) is 17.8. The molecule has 4 rings (SSSR count). The van der Waals surface area contributed by atoms with Gasteiger partial charge in [0.2, 0.25) is 0 Å². The van der Waals surface area contributed by atoms with Crippen molar-refractivity contribution in [3.05, 3.63) is 98.2 Å². The standard InChI is InChI=1S/C25H17BrClFN2O4/c1-14-10-18(7-8-20(14)26)30-24(32)19(23(31)29-25(30)33)12-16-11-17(27)6-9-22(16)34-13-15-4-2-3-5-21(15)28/h2-12H,13H2,1H3,(H,29,31,33)/b19-12-. The van der Waals surface area contributed by atoms with Crippen molar-refractivity contribution in [2.75, 3.05) is 4.90 Å². The van der Waals surface area contributed by atoms with Crippen LogP contribution < -0.4 is 15.0 Å². The molecule has 0 radical (unpaired) electrons. The molecule has 3 aromatic rings. The first-order valence-electron chi connectivity index (χ1n) is 10.1. The van der Waals surface area contributed by atoms with Crippen molar-refractivity contribution in [1.82, 2.24) is 5.32 Å². The molecule has 0 spiro atoms. The lowest BCUT2D eigenvalue weighted by atomic mass is 10.1. The number of halogens is 3. The van der Waals surface area contributed by atoms with Gasteiger partial charge in [0, 0.05) is 20.6 Å². The second kappa shape index (κ2) is 9.79. The Morgan fingerprint density at radius 2 is 1.85 bits per heavy atom. The van der Waals surface area contributed by atoms with Crippen LogP contribution in [0.15, 0.2) is 70.7 Å². The lowest BCUT2D eigenvalue weighted by Crippen LogP contribution is -2.54. The summed E-state index contributed by atoms with van der Waals surface area (Å²) >= 11 is 9.51. The number of rotatable bonds is 5. The van der Waals surface area contributed by atoms with Crippen molar-refractivity contribution < 1.29 is 23.5 Å². The number of carbonyl (C=O) groups excluding carboxylic acids is 3. The fourth-order valence-electron chi connectivity index (χ4n) is 3.35. The zero-order valence-corrected chi connectivity index (χ0v) is 20.1. The molecular weight excluding hydrogens is 527 g/mol. The lowest BCUT2D eigenvalue weighted by Gasteiger charge is -2.27. The molecule has 172 valence electrons. The van der Waals surface area contributed by atoms with Crippen LogP contribution in [0.25, 0.3) is 6.08 Å². The van der Waals surface area contributed by atoms with E-state index in [1.54, 1.807) is 48.5 Å². The minimum absolute atomic E-state index is 0.0760. The summed E-state index contributed by atoms with van der Waals surface area (Å²) in [6, 6.07) is 14.9. The molecule has 0 unspecified atom stereocenters. The minimum atomic E-state index is -0.851. The van der Waals surface area contributed by atoms with Crippen LogP contribution in [0.4, 0.5) is 14.9 Å². The zero-order chi connectivity index (χ0) is 24.4. The second-order valence-electron chi connectivity index (χ2n) is 7.45. The molecular formula is C25H17BrClFN2O4. The fourth-order valence-corrected chi connectivity index (χ4v) is 3.78. The molecule has 1 heterocycles. The molecule has 34 heavy (non-hydrogen) atoms. The summed E-state index contributed by atoms with van der Waals surface area (Å²) in [7, 11) is 0. The van der Waals surface area contributed by atoms with E-state index in [-0.39, 0.29) is 17.9 Å². The van der Waals surface area contributed by atoms with Crippen LogP contribution in [0, 0.1) is 12.7 Å². The summed E-state index contributed by atoms with van der Waals surface area (Å²) in [5, 5.41) is 2.52. The molecule has 0 bridgehead atoms. The van der Waals surface area contributed by atoms with E-state index in [2.05, 4.69) is 21.2 Å². The van der Waals surface area contributed by atoms with Crippen molar-refractivity contribution in [1.29, 1.82) is 0 Å². The van der Waals surface area contributed by atoms with E-state index < -0.39 is 23.7 Å². The molecule has 0 atom stereocenters. The summed E-state index contributed by atoms with van der Waals surface area (Å²) in [4.78, 5) is 39.1. The number of hydrogen-bond acceptors (Lipinski definition) is 4. The van der Waals surface area contributed by atoms with E-state index >= 15 is 0 Å². The number of anilines is 1. The first-order valence-corrected chi connectivity index (χ1v) is 11.2. The quantitative estimate of drug-likeness (QED) is 0.326. The van der Waals surface area contributed by atoms with Crippen LogP contribution >= 0.6 is 27.5 Å². The Bertz CT molecular complexity index is 1360. The van der Waals surface area contributed by atoms with Gasteiger partial charge in [-0.3, -0.25) is 14.9 Å². The van der Waals surface area contributed by atoms with Crippen molar-refractivity contribution in [2.45, 2.75) is 13.5 Å². The Labute approximate surface area is 208 Å². The number of hydrogen-bond donors (Lipinski definition) is 1. The summed E-state index contributed by atoms with van der Waals surface area (Å²) in [6.45, 7) is 1.74. The summed E-state index contributed by atoms with van der Waals surface area (Å²) in [5.41, 5.74) is 1.50. The summed E-state index contributed by atoms with van der Waals surface area (Å²) in [6.07, 6.45) is 1.30. The third-order valence-electron chi connectivity index (χ3n) is 5.11. The van der Waals surface area contributed by atoms with Gasteiger partial charge in [-0.15, -0.1) is 0 Å². The number of amides is 4. The normalized spacial score (nSPS) is 15.0. The van der Waals surface area contributed by atoms with Crippen LogP contribution in [-0.4, -0.2) is 17.8 Å². The predicted molar refractivity (Wildman–Crippen MR) is 130 cm³/mol. The molecule has 0 aromatic heterocycles. The Morgan fingerprint density at radius 3 is 2.59 bits per heavy atom. The van der Waals surface area contributed by atoms with Crippen LogP contribution in [0.5, 0.6) is 5.75 Å². The van der Waals surface area contributed by atoms with Gasteiger partial charge in [0.05, 0.1) is 5.69 Å². The highest BCUT2D eigenvalue weighted by Crippen LogP contribution is 2.30. The number of aryl methyl sites for hydroxylation is 1. The number of benzene rings is 3. The lowest BCUT2D eigenvalue weighted by molar-refractivity contribution is -0.122. The SMILES string of the molecule is Cc1cc(N2C(=O)NC(=O)/C(=C/c3cc(Cl)ccc3OCc3ccccc3F)C2=O)ccc1Br. The van der Waals surface area contributed by atoms with E-state index in [9.17, 15) is 18.8 Å². The maximum Gasteiger partial charge on any atom is 0.335 e. The average Bonchev–Trinajstić information content (AvgIpc) is 2.79. The van der Waals surface area contributed by atoms with Gasteiger partial charge in [-0.05, 0) is 61.0 Å². The molecule has 1 fully saturated rings. The Balaban J connectivity index is 1.69. The first kappa shape index (κ1) is 23.7. The van der Waals surface area contributed by atoms with Crippen LogP contribution in [0.3, 0.4) is 0 Å². The van der Waals surface area contributed by atoms with E-state index in [0.29, 0.717) is 21.8 Å². The van der Waals surface area contributed by atoms with Crippen LogP contribution in [0.1, 0.15) is 16.7 Å². The molecule has 3 aromatic carbocycles. The maximum atomic E-state index is 14.0. The largest absolute Gasteiger partial charge is 0.488 e. The average molecular weight is 544 g/mol. The van der Waals surface area contributed by atoms with Gasteiger partial charge in [-0.25, -0.2) is 14.1 Å². The molecule has 1 N–H and O–H groups in total. The van der Waals surface area contributed by atoms with E-state index in [0.717, 1.165) is 14.9 Å². The number of urea groups is 1. The van der Waals surface area contributed by atoms with Gasteiger partial charge >= 0.3 is 6.03 Å². The predicted octanol–water partition coefficient (Wildman–Crippen LogP) is 5.80. The number of imide groups is 2. The molecule has 0 saturated carbocycles. The monoisotopic (exact) mass is 542 g/mol. The van der Waals surface area contributed by atoms with Crippen molar-refractivity contribution in [2.24, 2.45) is 0 Å². The minimum Gasteiger partial charge on any atom is -0.488 e. The number of nitrogens with zero attached hydrogens (tertiary/aromatic N) is 1. The van der Waals surface area contributed by atoms with E-state index in [1.165, 1.54) is 18.2 Å². The van der Waals surface area contributed by atoms with Crippen molar-refractivity contribution in [3.63, 3.8) is 0 Å². The third kappa shape index (κ3) is 4.88. The maximum absolute atomic E-state index is 14.0. The van der Waals surface area contributed by atoms with Crippen molar-refractivity contribution in [3.8, 4) is 5.75 Å². The number of ether oxygens (including phenoxy) is 1. The topological polar surface area (TPSA) is 75.7 Å². The van der Waals surface area contributed by atoms with Gasteiger partial charge in [-0.2, -0.15) is 0 Å². The number of carbonyl (C=O) groups is 3. The van der Waals surface area contributed by atoms with Gasteiger partial charge in [-0.1, -0.05) is 45.7 Å². The summed E-state index contributed by atoms with van der Waals surface area (Å²) < 4.78 is 20.5. The number of nitrogens with one attached hydrogen (secondary N) is 1. The van der Waals surface area contributed by atoms with Gasteiger partial charge in [0.15, 0.2) is 0 Å². The molecule has 6 nitrogen and oxygen atoms in total. The first-order chi connectivity index (χ1) is 16.2. The van der Waals surface area contributed by atoms with E-state index in [1.807, 2.05) is 6.92 Å². The van der Waals surface area contributed by atoms with Crippen molar-refractivity contribution >= 4 is 57.1 Å². The molecule has 1 aliphatic rings. The second-order valence-corrected chi connectivity index (χ2v) is 8.74. The molecule has 0 aliphatic carbocycles. The highest BCUT2D eigenvalue weighted by atomic mass is 79.9. The highest BCUT2D eigenvalue weighted by molar-refractivity contribution is 9.10. The van der Waals surface area contributed by atoms with Gasteiger partial charge in [0.25, 0.3) is 11.8 Å². The molecule has 4 amide bonds.